The van der Waals surface area contributed by atoms with E-state index >= 15 is 0 Å². The van der Waals surface area contributed by atoms with Crippen molar-refractivity contribution >= 4 is 5.69 Å². The first-order valence-corrected chi connectivity index (χ1v) is 5.11. The number of nitrogens with two attached hydrogens (primary N) is 1. The molecule has 4 heteroatoms. The molecule has 4 nitrogen and oxygen atoms in total. The van der Waals surface area contributed by atoms with Crippen LogP contribution in [0.4, 0.5) is 5.69 Å². The Morgan fingerprint density at radius 2 is 2.40 bits per heavy atom. The SMILES string of the molecule is CCC(C)n1cc(N)c(-c2ccco2)n1. The van der Waals surface area contributed by atoms with Gasteiger partial charge in [-0.2, -0.15) is 5.10 Å². The lowest BCUT2D eigenvalue weighted by Gasteiger charge is -2.07. The molecule has 0 fully saturated rings. The lowest BCUT2D eigenvalue weighted by atomic mass is 10.3. The monoisotopic (exact) mass is 205 g/mol. The molecule has 1 unspecified atom stereocenters. The van der Waals surface area contributed by atoms with Gasteiger partial charge < -0.3 is 10.2 Å². The van der Waals surface area contributed by atoms with E-state index in [4.69, 9.17) is 10.2 Å². The van der Waals surface area contributed by atoms with Gasteiger partial charge in [0.05, 0.1) is 12.0 Å². The second-order valence-electron chi connectivity index (χ2n) is 3.65. The highest BCUT2D eigenvalue weighted by atomic mass is 16.3. The maximum Gasteiger partial charge on any atom is 0.156 e. The molecule has 0 aromatic carbocycles. The molecule has 0 saturated heterocycles. The second-order valence-corrected chi connectivity index (χ2v) is 3.65. The molecule has 2 N–H and O–H groups in total. The van der Waals surface area contributed by atoms with Crippen molar-refractivity contribution in [1.29, 1.82) is 0 Å². The number of hydrogen-bond donors (Lipinski definition) is 1. The van der Waals surface area contributed by atoms with Crippen LogP contribution >= 0.6 is 0 Å². The van der Waals surface area contributed by atoms with E-state index in [0.717, 1.165) is 17.9 Å². The number of anilines is 1. The highest BCUT2D eigenvalue weighted by Gasteiger charge is 2.12. The fourth-order valence-electron chi connectivity index (χ4n) is 1.42. The number of rotatable bonds is 3. The number of aromatic nitrogens is 2. The lowest BCUT2D eigenvalue weighted by Crippen LogP contribution is -2.03. The minimum absolute atomic E-state index is 0.357. The third kappa shape index (κ3) is 1.75. The first kappa shape index (κ1) is 9.83. The number of furan rings is 1. The van der Waals surface area contributed by atoms with E-state index in [1.165, 1.54) is 0 Å². The van der Waals surface area contributed by atoms with Gasteiger partial charge >= 0.3 is 0 Å². The van der Waals surface area contributed by atoms with Crippen LogP contribution in [-0.2, 0) is 0 Å². The summed E-state index contributed by atoms with van der Waals surface area (Å²) in [6.45, 7) is 4.23. The Bertz CT molecular complexity index is 431. The van der Waals surface area contributed by atoms with Crippen LogP contribution < -0.4 is 5.73 Å². The number of nitrogen functional groups attached to an aromatic ring is 1. The van der Waals surface area contributed by atoms with Crippen molar-refractivity contribution in [3.05, 3.63) is 24.6 Å². The molecule has 15 heavy (non-hydrogen) atoms. The second kappa shape index (κ2) is 3.81. The Morgan fingerprint density at radius 3 is 3.00 bits per heavy atom. The summed E-state index contributed by atoms with van der Waals surface area (Å²) in [5, 5.41) is 4.42. The van der Waals surface area contributed by atoms with Crippen LogP contribution in [0.1, 0.15) is 26.3 Å². The van der Waals surface area contributed by atoms with E-state index in [0.29, 0.717) is 11.7 Å². The van der Waals surface area contributed by atoms with Crippen LogP contribution in [0.25, 0.3) is 11.5 Å². The zero-order valence-corrected chi connectivity index (χ0v) is 8.97. The average molecular weight is 205 g/mol. The maximum atomic E-state index is 5.88. The summed E-state index contributed by atoms with van der Waals surface area (Å²) < 4.78 is 7.15. The molecule has 0 radical (unpaired) electrons. The Kier molecular flexibility index (Phi) is 2.49. The van der Waals surface area contributed by atoms with Crippen LogP contribution in [0.3, 0.4) is 0 Å². The van der Waals surface area contributed by atoms with Gasteiger partial charge in [0.25, 0.3) is 0 Å². The van der Waals surface area contributed by atoms with Gasteiger partial charge in [-0.3, -0.25) is 4.68 Å². The fourth-order valence-corrected chi connectivity index (χ4v) is 1.42. The van der Waals surface area contributed by atoms with Crippen LogP contribution in [0, 0.1) is 0 Å². The van der Waals surface area contributed by atoms with E-state index in [9.17, 15) is 0 Å². The molecular weight excluding hydrogens is 190 g/mol. The Balaban J connectivity index is 2.38. The van der Waals surface area contributed by atoms with E-state index in [-0.39, 0.29) is 0 Å². The minimum atomic E-state index is 0.357. The van der Waals surface area contributed by atoms with E-state index in [1.807, 2.05) is 23.0 Å². The fraction of sp³-hybridized carbons (Fsp3) is 0.364. The van der Waals surface area contributed by atoms with Gasteiger partial charge in [-0.1, -0.05) is 6.92 Å². The van der Waals surface area contributed by atoms with Gasteiger partial charge in [0.2, 0.25) is 0 Å². The predicted octanol–water partition coefficient (Wildman–Crippen LogP) is 2.70. The summed E-state index contributed by atoms with van der Waals surface area (Å²) in [6.07, 6.45) is 4.50. The van der Waals surface area contributed by atoms with Crippen LogP contribution in [0.5, 0.6) is 0 Å². The van der Waals surface area contributed by atoms with E-state index in [1.54, 1.807) is 6.26 Å². The molecule has 1 atom stereocenters. The first-order chi connectivity index (χ1) is 7.22. The van der Waals surface area contributed by atoms with E-state index in [2.05, 4.69) is 18.9 Å². The van der Waals surface area contributed by atoms with Crippen molar-refractivity contribution in [2.45, 2.75) is 26.3 Å². The molecule has 2 rings (SSSR count). The van der Waals surface area contributed by atoms with Crippen molar-refractivity contribution in [2.24, 2.45) is 0 Å². The third-order valence-corrected chi connectivity index (χ3v) is 2.56. The molecule has 0 aliphatic carbocycles. The molecule has 2 aromatic rings. The molecule has 2 heterocycles. The zero-order chi connectivity index (χ0) is 10.8. The average Bonchev–Trinajstić information content (AvgIpc) is 2.84. The van der Waals surface area contributed by atoms with Crippen molar-refractivity contribution in [3.8, 4) is 11.5 Å². The predicted molar refractivity (Wildman–Crippen MR) is 59.3 cm³/mol. The molecule has 0 amide bonds. The maximum absolute atomic E-state index is 5.88. The topological polar surface area (TPSA) is 57.0 Å². The van der Waals surface area contributed by atoms with Gasteiger partial charge in [-0.25, -0.2) is 0 Å². The molecule has 0 aliphatic rings. The summed E-state index contributed by atoms with van der Waals surface area (Å²) >= 11 is 0. The summed E-state index contributed by atoms with van der Waals surface area (Å²) in [4.78, 5) is 0. The summed E-state index contributed by atoms with van der Waals surface area (Å²) in [7, 11) is 0. The van der Waals surface area contributed by atoms with Crippen LogP contribution in [0.15, 0.2) is 29.0 Å². The van der Waals surface area contributed by atoms with Crippen LogP contribution in [0.2, 0.25) is 0 Å². The quantitative estimate of drug-likeness (QED) is 0.838. The molecule has 2 aromatic heterocycles. The molecule has 80 valence electrons. The number of hydrogen-bond acceptors (Lipinski definition) is 3. The van der Waals surface area contributed by atoms with Gasteiger partial charge in [-0.05, 0) is 25.5 Å². The highest BCUT2D eigenvalue weighted by molar-refractivity contribution is 5.67. The Labute approximate surface area is 88.7 Å². The summed E-state index contributed by atoms with van der Waals surface area (Å²) in [5.74, 6) is 0.717. The standard InChI is InChI=1S/C11H15N3O/c1-3-8(2)14-7-9(12)11(13-14)10-5-4-6-15-10/h4-8H,3,12H2,1-2H3. The Morgan fingerprint density at radius 1 is 1.60 bits per heavy atom. The van der Waals surface area contributed by atoms with E-state index < -0.39 is 0 Å². The van der Waals surface area contributed by atoms with Crippen LogP contribution in [-0.4, -0.2) is 9.78 Å². The van der Waals surface area contributed by atoms with Crippen molar-refractivity contribution < 1.29 is 4.42 Å². The van der Waals surface area contributed by atoms with Crippen molar-refractivity contribution in [2.75, 3.05) is 5.73 Å². The third-order valence-electron chi connectivity index (χ3n) is 2.56. The largest absolute Gasteiger partial charge is 0.463 e. The molecule has 0 saturated carbocycles. The van der Waals surface area contributed by atoms with Gasteiger partial charge in [0, 0.05) is 12.2 Å². The molecule has 0 aliphatic heterocycles. The Hall–Kier alpha value is -1.71. The minimum Gasteiger partial charge on any atom is -0.463 e. The van der Waals surface area contributed by atoms with Gasteiger partial charge in [-0.15, -0.1) is 0 Å². The summed E-state index contributed by atoms with van der Waals surface area (Å²) in [5.41, 5.74) is 7.26. The van der Waals surface area contributed by atoms with Gasteiger partial charge in [0.1, 0.15) is 0 Å². The zero-order valence-electron chi connectivity index (χ0n) is 8.97. The summed E-state index contributed by atoms with van der Waals surface area (Å²) in [6, 6.07) is 4.05. The lowest BCUT2D eigenvalue weighted by molar-refractivity contribution is 0.477. The normalized spacial score (nSPS) is 12.9. The number of nitrogens with zero attached hydrogens (tertiary/aromatic N) is 2. The first-order valence-electron chi connectivity index (χ1n) is 5.11. The highest BCUT2D eigenvalue weighted by Crippen LogP contribution is 2.25. The molecule has 0 bridgehead atoms. The van der Waals surface area contributed by atoms with Crippen molar-refractivity contribution in [1.82, 2.24) is 9.78 Å². The smallest absolute Gasteiger partial charge is 0.156 e. The molecular formula is C11H15N3O. The van der Waals surface area contributed by atoms with Crippen molar-refractivity contribution in [3.63, 3.8) is 0 Å². The molecule has 0 spiro atoms. The van der Waals surface area contributed by atoms with Gasteiger partial charge in [0.15, 0.2) is 11.5 Å².